The summed E-state index contributed by atoms with van der Waals surface area (Å²) in [6, 6.07) is 11.4. The second-order valence-corrected chi connectivity index (χ2v) is 34.0. The van der Waals surface area contributed by atoms with Crippen molar-refractivity contribution in [3.8, 4) is 29.1 Å². The van der Waals surface area contributed by atoms with Gasteiger partial charge in [-0.15, -0.1) is 5.92 Å². The predicted octanol–water partition coefficient (Wildman–Crippen LogP) is 9.38. The van der Waals surface area contributed by atoms with Gasteiger partial charge in [-0.3, -0.25) is 14.5 Å². The van der Waals surface area contributed by atoms with Crippen molar-refractivity contribution < 1.29 is 54.1 Å². The van der Waals surface area contributed by atoms with Gasteiger partial charge in [0.25, 0.3) is 0 Å². The summed E-state index contributed by atoms with van der Waals surface area (Å²) < 4.78 is 21.2. The largest absolute Gasteiger partial charge is 0.508 e. The molecular weight excluding hydrogens is 1220 g/mol. The maximum Gasteiger partial charge on any atom is 0.332 e. The molecule has 16 nitrogen and oxygen atoms in total. The average molecular weight is 1330 g/mol. The van der Waals surface area contributed by atoms with E-state index < -0.39 is 64.7 Å². The first-order valence-electron chi connectivity index (χ1n) is 36.2. The van der Waals surface area contributed by atoms with Gasteiger partial charge < -0.3 is 61.0 Å². The maximum absolute atomic E-state index is 16.1. The molecule has 1 spiro atoms. The van der Waals surface area contributed by atoms with E-state index in [0.717, 1.165) is 107 Å². The Morgan fingerprint density at radius 2 is 1.67 bits per heavy atom. The van der Waals surface area contributed by atoms with E-state index in [4.69, 9.17) is 14.2 Å². The third-order valence-electron chi connectivity index (χ3n) is 25.8. The molecule has 15 rings (SSSR count). The van der Waals surface area contributed by atoms with Crippen LogP contribution in [0.1, 0.15) is 164 Å². The molecule has 4 saturated heterocycles. The topological polar surface area (TPSA) is 231 Å². The van der Waals surface area contributed by atoms with E-state index in [1.165, 1.54) is 6.92 Å². The van der Waals surface area contributed by atoms with Gasteiger partial charge in [0.05, 0.1) is 23.6 Å². The number of fused-ring (bicyclic) bond motifs is 10. The van der Waals surface area contributed by atoms with Crippen LogP contribution in [0.25, 0.3) is 0 Å². The van der Waals surface area contributed by atoms with Gasteiger partial charge in [0.2, 0.25) is 5.91 Å². The van der Waals surface area contributed by atoms with Crippen molar-refractivity contribution in [1.29, 1.82) is 0 Å². The Kier molecular flexibility index (Phi) is 19.6. The van der Waals surface area contributed by atoms with E-state index >= 15 is 4.79 Å². The normalized spacial score (nSPS) is 39.9. The number of hydrogen-bond donors (Lipinski definition) is 9. The van der Waals surface area contributed by atoms with Crippen molar-refractivity contribution in [2.24, 2.45) is 63.6 Å². The summed E-state index contributed by atoms with van der Waals surface area (Å²) in [5.74, 6) is 6.67. The molecule has 9 N–H and O–H groups in total. The number of piperidine rings is 2. The average Bonchev–Trinajstić information content (AvgIpc) is 0.926. The fourth-order valence-electron chi connectivity index (χ4n) is 21.2. The molecule has 0 radical (unpaired) electrons. The van der Waals surface area contributed by atoms with Gasteiger partial charge in [0, 0.05) is 135 Å². The second kappa shape index (κ2) is 27.6. The number of nitrogens with zero attached hydrogens (tertiary/aromatic N) is 1. The van der Waals surface area contributed by atoms with Crippen LogP contribution in [0.2, 0.25) is 0 Å². The summed E-state index contributed by atoms with van der Waals surface area (Å²) in [5, 5.41) is 74.5. The zero-order valence-corrected chi connectivity index (χ0v) is 57.0. The van der Waals surface area contributed by atoms with Gasteiger partial charge >= 0.3 is 11.9 Å². The predicted molar refractivity (Wildman–Crippen MR) is 366 cm³/mol. The Balaban J connectivity index is 0.861. The molecule has 6 fully saturated rings. The number of piperazine rings is 1. The molecule has 2 saturated carbocycles. The van der Waals surface area contributed by atoms with Crippen molar-refractivity contribution in [3.05, 3.63) is 89.5 Å². The highest BCUT2D eigenvalue weighted by molar-refractivity contribution is 8.77. The molecule has 2 aromatic rings. The number of phenols is 2. The second-order valence-electron chi connectivity index (χ2n) is 31.5. The highest BCUT2D eigenvalue weighted by atomic mass is 33.1. The molecule has 18 heteroatoms. The molecule has 13 aliphatic rings. The number of nitrogens with one attached hydrogen (secondary N) is 4. The smallest absolute Gasteiger partial charge is 0.332 e. The number of rotatable bonds is 11. The van der Waals surface area contributed by atoms with Crippen molar-refractivity contribution in [1.82, 2.24) is 26.2 Å². The summed E-state index contributed by atoms with van der Waals surface area (Å²) in [6.45, 7) is 9.63. The molecule has 2 aromatic carbocycles. The number of allylic oxidation sites excluding steroid dienone is 1. The number of aliphatic hydroxyl groups is 3. The van der Waals surface area contributed by atoms with Crippen molar-refractivity contribution >= 4 is 39.4 Å². The SMILES string of the molecule is CC(=O)OC1CC(OC(=O)C23CCCCC2CCC(=O)N3)C2(CCNCC2)C2c3ccc(O)c4c3C(CC2C#CCC2CC(C)(O)CSSC3C=CC(CC21)C(O)C3NCC1(Cc2ccc(O)cc2)C=CC2C(CC=CC2N2CCNCC2)C1)C(C1(CO)CCCC1)CO4. The van der Waals surface area contributed by atoms with Crippen LogP contribution in [-0.2, 0) is 30.3 Å². The summed E-state index contributed by atoms with van der Waals surface area (Å²) in [5.41, 5.74) is -0.809. The maximum atomic E-state index is 16.1. The Morgan fingerprint density at radius 1 is 0.883 bits per heavy atom. The number of aliphatic hydroxyl groups excluding tert-OH is 2. The summed E-state index contributed by atoms with van der Waals surface area (Å²) in [4.78, 5) is 46.7. The molecule has 94 heavy (non-hydrogen) atoms. The lowest BCUT2D eigenvalue weighted by atomic mass is 9.51. The summed E-state index contributed by atoms with van der Waals surface area (Å²) >= 11 is 0. The molecule has 2 bridgehead atoms. The summed E-state index contributed by atoms with van der Waals surface area (Å²) in [7, 11) is 3.32. The number of esters is 2. The monoisotopic (exact) mass is 1330 g/mol. The Labute approximate surface area is 564 Å². The van der Waals surface area contributed by atoms with Gasteiger partial charge in [-0.05, 0) is 162 Å². The van der Waals surface area contributed by atoms with Gasteiger partial charge in [0.1, 0.15) is 23.5 Å². The quantitative estimate of drug-likeness (QED) is 0.0441. The lowest BCUT2D eigenvalue weighted by molar-refractivity contribution is -0.183. The number of hydrogen-bond acceptors (Lipinski definition) is 17. The number of aromatic hydroxyl groups is 2. The lowest BCUT2D eigenvalue weighted by Gasteiger charge is -2.56. The van der Waals surface area contributed by atoms with Gasteiger partial charge in [-0.1, -0.05) is 108 Å². The van der Waals surface area contributed by atoms with Crippen LogP contribution in [0, 0.1) is 75.4 Å². The minimum absolute atomic E-state index is 0.0352. The molecule has 6 aliphatic heterocycles. The fraction of sp³-hybridized carbons (Fsp3) is 0.697. The molecule has 19 atom stereocenters. The first kappa shape index (κ1) is 66.7. The van der Waals surface area contributed by atoms with Crippen molar-refractivity contribution in [2.45, 2.75) is 201 Å². The number of amides is 1. The third kappa shape index (κ3) is 13.0. The van der Waals surface area contributed by atoms with Crippen LogP contribution >= 0.6 is 21.6 Å². The zero-order chi connectivity index (χ0) is 65.0. The number of phenolic OH excluding ortho intramolecular Hbond substituents is 2. The molecule has 7 aliphatic carbocycles. The van der Waals surface area contributed by atoms with E-state index in [9.17, 15) is 35.1 Å². The fourth-order valence-corrected chi connectivity index (χ4v) is 24.3. The van der Waals surface area contributed by atoms with E-state index in [1.54, 1.807) is 39.8 Å². The molecule has 6 heterocycles. The van der Waals surface area contributed by atoms with Crippen LogP contribution < -0.4 is 26.0 Å². The van der Waals surface area contributed by atoms with E-state index in [0.29, 0.717) is 113 Å². The Morgan fingerprint density at radius 3 is 2.46 bits per heavy atom. The van der Waals surface area contributed by atoms with Crippen LogP contribution in [0.15, 0.2) is 72.9 Å². The number of carbonyl (C=O) groups excluding carboxylic acids is 3. The third-order valence-corrected chi connectivity index (χ3v) is 28.8. The van der Waals surface area contributed by atoms with Crippen LogP contribution in [0.4, 0.5) is 0 Å². The summed E-state index contributed by atoms with van der Waals surface area (Å²) in [6.07, 6.45) is 25.1. The molecule has 1 amide bonds. The Hall–Kier alpha value is -4.55. The number of carbonyl (C=O) groups is 3. The zero-order valence-electron chi connectivity index (χ0n) is 55.3. The van der Waals surface area contributed by atoms with Gasteiger partial charge in [0.15, 0.2) is 11.5 Å². The number of ether oxygens (including phenoxy) is 3. The highest BCUT2D eigenvalue weighted by Crippen LogP contribution is 2.65. The van der Waals surface area contributed by atoms with Crippen LogP contribution in [0.5, 0.6) is 17.2 Å². The van der Waals surface area contributed by atoms with Crippen molar-refractivity contribution in [2.75, 3.05) is 64.8 Å². The van der Waals surface area contributed by atoms with E-state index in [2.05, 4.69) is 80.5 Å². The highest BCUT2D eigenvalue weighted by Gasteiger charge is 2.61. The van der Waals surface area contributed by atoms with Crippen LogP contribution in [-0.4, -0.2) is 160 Å². The lowest BCUT2D eigenvalue weighted by Crippen LogP contribution is -2.65. The number of benzene rings is 2. The van der Waals surface area contributed by atoms with Crippen LogP contribution in [0.3, 0.4) is 0 Å². The molecule has 0 aromatic heterocycles. The molecule has 510 valence electrons. The first-order chi connectivity index (χ1) is 45.5. The Bertz CT molecular complexity index is 3240. The van der Waals surface area contributed by atoms with Gasteiger partial charge in [-0.25, -0.2) is 4.79 Å². The first-order valence-corrected chi connectivity index (χ1v) is 38.5. The standard InChI is InChI=1S/C76H103N5O11S2/c1-47(83)91-62-39-64(92-71(88)76-27-4-3-12-53(76)17-23-65(86)80-76)75(29-31-77-32-30-75)67-49(37-58-59(74(45-82)25-5-6-26-74)43-90-70-61(85)21-20-56(67)66(58)70)9-7-10-51-41-72(2,89)46-93-94-63-22-16-50(38-57(51)62)69(87)68(63)79-44-73(40-48-14-18-54(84)19-15-48)28-24-55-52(42-73)11-8-13-60(55)81-35-33-78-34-36-81/h8,13-16,18-22,24,28,49-53,55,57-60,62-64,67-69,77-79,82,84-85,87,89H,3-6,10-12,17,23,25-27,29-46H2,1-2H3,(H,80,86). The van der Waals surface area contributed by atoms with Crippen molar-refractivity contribution in [3.63, 3.8) is 0 Å². The minimum Gasteiger partial charge on any atom is -0.508 e. The van der Waals surface area contributed by atoms with E-state index in [1.807, 2.05) is 19.1 Å². The van der Waals surface area contributed by atoms with E-state index in [-0.39, 0.29) is 82.0 Å². The molecule has 19 unspecified atom stereocenters. The van der Waals surface area contributed by atoms with Gasteiger partial charge in [-0.2, -0.15) is 0 Å². The minimum atomic E-state index is -1.22. The molecular formula is C76H103N5O11S2.